The number of benzene rings is 3. The molecule has 6 heteroatoms. The monoisotopic (exact) mass is 438 g/mol. The molecule has 4 rings (SSSR count). The van der Waals surface area contributed by atoms with E-state index in [0.29, 0.717) is 54.9 Å². The molecule has 0 bridgehead atoms. The molecule has 0 saturated heterocycles. The number of carbonyl (C=O) groups excluding carboxylic acids is 2. The van der Waals surface area contributed by atoms with Gasteiger partial charge in [0.25, 0.3) is 0 Å². The molecule has 0 unspecified atom stereocenters. The number of ether oxygens (including phenoxy) is 2. The molecule has 0 radical (unpaired) electrons. The van der Waals surface area contributed by atoms with Crippen LogP contribution in [-0.4, -0.2) is 25.8 Å². The summed E-state index contributed by atoms with van der Waals surface area (Å²) in [6, 6.07) is 15.2. The standard InChI is InChI=1S/C24H16Cl2O4/c1-29-20-10-9-13(11-21(20)30-2)19(27)12-16-14-5-3-8-18(26)23(14)24(28)15-6-4-7-17(25)22(15)16/h3-12H,1-2H3/b16-12+. The lowest BCUT2D eigenvalue weighted by Crippen LogP contribution is -2.16. The van der Waals surface area contributed by atoms with Gasteiger partial charge in [-0.3, -0.25) is 9.59 Å². The van der Waals surface area contributed by atoms with Crippen LogP contribution in [0.4, 0.5) is 0 Å². The fourth-order valence-corrected chi connectivity index (χ4v) is 4.13. The molecule has 0 amide bonds. The Bertz CT molecular complexity index is 1230. The van der Waals surface area contributed by atoms with Crippen LogP contribution in [0.15, 0.2) is 60.7 Å². The van der Waals surface area contributed by atoms with E-state index in [1.54, 1.807) is 54.6 Å². The first-order valence-electron chi connectivity index (χ1n) is 9.06. The zero-order valence-electron chi connectivity index (χ0n) is 16.2. The number of fused-ring (bicyclic) bond motifs is 2. The van der Waals surface area contributed by atoms with E-state index in [9.17, 15) is 9.59 Å². The SMILES string of the molecule is COc1ccc(C(=O)/C=C2\c3cccc(Cl)c3C(=O)c3cccc(Cl)c32)cc1OC. The summed E-state index contributed by atoms with van der Waals surface area (Å²) in [5.74, 6) is 0.485. The Kier molecular flexibility index (Phi) is 5.37. The average Bonchev–Trinajstić information content (AvgIpc) is 2.75. The van der Waals surface area contributed by atoms with E-state index in [1.807, 2.05) is 0 Å². The summed E-state index contributed by atoms with van der Waals surface area (Å²) in [7, 11) is 3.03. The first-order chi connectivity index (χ1) is 14.5. The number of hydrogen-bond acceptors (Lipinski definition) is 4. The molecule has 1 aliphatic rings. The molecule has 30 heavy (non-hydrogen) atoms. The molecule has 0 atom stereocenters. The molecular formula is C24H16Cl2O4. The minimum absolute atomic E-state index is 0.219. The van der Waals surface area contributed by atoms with Crippen LogP contribution in [0.5, 0.6) is 11.5 Å². The summed E-state index contributed by atoms with van der Waals surface area (Å²) in [6.45, 7) is 0. The Morgan fingerprint density at radius 1 is 0.833 bits per heavy atom. The number of allylic oxidation sites excluding steroid dienone is 1. The summed E-state index contributed by atoms with van der Waals surface area (Å²) in [6.07, 6.45) is 1.48. The lowest BCUT2D eigenvalue weighted by atomic mass is 9.80. The minimum Gasteiger partial charge on any atom is -0.493 e. The number of ketones is 2. The van der Waals surface area contributed by atoms with Crippen molar-refractivity contribution in [1.82, 2.24) is 0 Å². The number of methoxy groups -OCH3 is 2. The second-order valence-corrected chi connectivity index (χ2v) is 7.46. The van der Waals surface area contributed by atoms with Crippen LogP contribution < -0.4 is 9.47 Å². The van der Waals surface area contributed by atoms with E-state index < -0.39 is 0 Å². The van der Waals surface area contributed by atoms with Gasteiger partial charge in [-0.05, 0) is 47.5 Å². The Hall–Kier alpha value is -3.08. The predicted molar refractivity (Wildman–Crippen MR) is 117 cm³/mol. The van der Waals surface area contributed by atoms with Crippen LogP contribution in [0, 0.1) is 0 Å². The molecule has 150 valence electrons. The van der Waals surface area contributed by atoms with Crippen molar-refractivity contribution >= 4 is 40.3 Å². The molecule has 0 saturated carbocycles. The average molecular weight is 439 g/mol. The zero-order valence-corrected chi connectivity index (χ0v) is 17.7. The Morgan fingerprint density at radius 2 is 1.47 bits per heavy atom. The highest BCUT2D eigenvalue weighted by Crippen LogP contribution is 2.42. The second-order valence-electron chi connectivity index (χ2n) is 6.65. The number of rotatable bonds is 4. The van der Waals surface area contributed by atoms with E-state index in [4.69, 9.17) is 32.7 Å². The summed E-state index contributed by atoms with van der Waals surface area (Å²) >= 11 is 12.8. The molecule has 0 heterocycles. The number of carbonyl (C=O) groups is 2. The van der Waals surface area contributed by atoms with Crippen LogP contribution in [0.3, 0.4) is 0 Å². The van der Waals surface area contributed by atoms with E-state index in [2.05, 4.69) is 0 Å². The minimum atomic E-state index is -0.267. The van der Waals surface area contributed by atoms with Gasteiger partial charge in [0.1, 0.15) is 0 Å². The van der Waals surface area contributed by atoms with Gasteiger partial charge in [-0.15, -0.1) is 0 Å². The number of halogens is 2. The van der Waals surface area contributed by atoms with Gasteiger partial charge >= 0.3 is 0 Å². The van der Waals surface area contributed by atoms with Crippen LogP contribution in [0.2, 0.25) is 10.0 Å². The molecule has 0 spiro atoms. The molecule has 4 nitrogen and oxygen atoms in total. The highest BCUT2D eigenvalue weighted by molar-refractivity contribution is 6.39. The van der Waals surface area contributed by atoms with Crippen molar-refractivity contribution in [3.8, 4) is 11.5 Å². The summed E-state index contributed by atoms with van der Waals surface area (Å²) in [5.41, 5.74) is 2.83. The van der Waals surface area contributed by atoms with Gasteiger partial charge in [0.15, 0.2) is 23.1 Å². The normalized spacial score (nSPS) is 13.6. The Morgan fingerprint density at radius 3 is 2.13 bits per heavy atom. The van der Waals surface area contributed by atoms with Crippen molar-refractivity contribution in [3.05, 3.63) is 98.5 Å². The summed E-state index contributed by atoms with van der Waals surface area (Å²) in [4.78, 5) is 26.2. The van der Waals surface area contributed by atoms with Crippen molar-refractivity contribution in [2.75, 3.05) is 14.2 Å². The van der Waals surface area contributed by atoms with Gasteiger partial charge < -0.3 is 9.47 Å². The Labute approximate surface area is 183 Å². The molecule has 0 N–H and O–H groups in total. The van der Waals surface area contributed by atoms with Gasteiger partial charge in [-0.25, -0.2) is 0 Å². The van der Waals surface area contributed by atoms with Gasteiger partial charge in [-0.2, -0.15) is 0 Å². The topological polar surface area (TPSA) is 52.6 Å². The third kappa shape index (κ3) is 3.28. The van der Waals surface area contributed by atoms with E-state index in [0.717, 1.165) is 0 Å². The predicted octanol–water partition coefficient (Wildman–Crippen LogP) is 5.87. The van der Waals surface area contributed by atoms with E-state index in [1.165, 1.54) is 20.3 Å². The maximum absolute atomic E-state index is 13.1. The lowest BCUT2D eigenvalue weighted by Gasteiger charge is -2.23. The first-order valence-corrected chi connectivity index (χ1v) is 9.82. The van der Waals surface area contributed by atoms with Gasteiger partial charge in [0.2, 0.25) is 0 Å². The first kappa shape index (κ1) is 20.2. The summed E-state index contributed by atoms with van der Waals surface area (Å²) in [5, 5.41) is 0.713. The third-order valence-corrected chi connectivity index (χ3v) is 5.63. The molecule has 0 aliphatic heterocycles. The highest BCUT2D eigenvalue weighted by atomic mass is 35.5. The lowest BCUT2D eigenvalue weighted by molar-refractivity contribution is 0.103. The van der Waals surface area contributed by atoms with Crippen molar-refractivity contribution in [3.63, 3.8) is 0 Å². The van der Waals surface area contributed by atoms with Crippen molar-refractivity contribution in [2.24, 2.45) is 0 Å². The fraction of sp³-hybridized carbons (Fsp3) is 0.0833. The largest absolute Gasteiger partial charge is 0.493 e. The molecule has 3 aromatic carbocycles. The quantitative estimate of drug-likeness (QED) is 0.295. The fourth-order valence-electron chi connectivity index (χ4n) is 3.59. The van der Waals surface area contributed by atoms with Gasteiger partial charge in [-0.1, -0.05) is 47.5 Å². The smallest absolute Gasteiger partial charge is 0.195 e. The highest BCUT2D eigenvalue weighted by Gasteiger charge is 2.31. The van der Waals surface area contributed by atoms with Gasteiger partial charge in [0, 0.05) is 27.3 Å². The molecule has 3 aromatic rings. The van der Waals surface area contributed by atoms with Crippen LogP contribution >= 0.6 is 23.2 Å². The molecule has 0 fully saturated rings. The van der Waals surface area contributed by atoms with Crippen LogP contribution in [-0.2, 0) is 0 Å². The number of hydrogen-bond donors (Lipinski definition) is 0. The van der Waals surface area contributed by atoms with E-state index in [-0.39, 0.29) is 11.6 Å². The third-order valence-electron chi connectivity index (χ3n) is 5.00. The zero-order chi connectivity index (χ0) is 21.4. The van der Waals surface area contributed by atoms with Crippen molar-refractivity contribution in [2.45, 2.75) is 0 Å². The molecule has 0 aromatic heterocycles. The van der Waals surface area contributed by atoms with Crippen LogP contribution in [0.25, 0.3) is 5.57 Å². The van der Waals surface area contributed by atoms with E-state index >= 15 is 0 Å². The van der Waals surface area contributed by atoms with Crippen LogP contribution in [0.1, 0.15) is 37.4 Å². The Balaban J connectivity index is 1.92. The van der Waals surface area contributed by atoms with Crippen molar-refractivity contribution < 1.29 is 19.1 Å². The molecule has 1 aliphatic carbocycles. The maximum Gasteiger partial charge on any atom is 0.195 e. The summed E-state index contributed by atoms with van der Waals surface area (Å²) < 4.78 is 10.5. The van der Waals surface area contributed by atoms with Crippen molar-refractivity contribution in [1.29, 1.82) is 0 Å². The van der Waals surface area contributed by atoms with Gasteiger partial charge in [0.05, 0.1) is 19.2 Å². The molecular weight excluding hydrogens is 423 g/mol. The second kappa shape index (κ2) is 7.98. The maximum atomic E-state index is 13.1.